The molecular weight excluding hydrogens is 387 g/mol. The zero-order valence-corrected chi connectivity index (χ0v) is 12.3. The van der Waals surface area contributed by atoms with Crippen molar-refractivity contribution in [3.8, 4) is 0 Å². The third kappa shape index (κ3) is 3.22. The minimum absolute atomic E-state index is 0.358. The number of hydrogen-bond acceptors (Lipinski definition) is 1. The van der Waals surface area contributed by atoms with Gasteiger partial charge in [-0.1, -0.05) is 23.7 Å². The van der Waals surface area contributed by atoms with Crippen LogP contribution in [0.15, 0.2) is 36.4 Å². The van der Waals surface area contributed by atoms with E-state index < -0.39 is 17.5 Å². The summed E-state index contributed by atoms with van der Waals surface area (Å²) in [6.07, 6.45) is 0. The Labute approximate surface area is 126 Å². The zero-order chi connectivity index (χ0) is 14.0. The first kappa shape index (κ1) is 14.2. The summed E-state index contributed by atoms with van der Waals surface area (Å²) in [7, 11) is 0. The molecule has 98 valence electrons. The van der Waals surface area contributed by atoms with Crippen LogP contribution in [0.4, 0.5) is 14.5 Å². The summed E-state index contributed by atoms with van der Waals surface area (Å²) in [6, 6.07) is 8.56. The Kier molecular flexibility index (Phi) is 4.36. The lowest BCUT2D eigenvalue weighted by molar-refractivity contribution is 0.102. The van der Waals surface area contributed by atoms with Crippen LogP contribution in [0.2, 0.25) is 5.02 Å². The van der Waals surface area contributed by atoms with Gasteiger partial charge in [-0.25, -0.2) is 8.78 Å². The van der Waals surface area contributed by atoms with Crippen molar-refractivity contribution in [1.82, 2.24) is 0 Å². The zero-order valence-electron chi connectivity index (χ0n) is 9.38. The van der Waals surface area contributed by atoms with Crippen molar-refractivity contribution < 1.29 is 13.6 Å². The first-order valence-electron chi connectivity index (χ1n) is 5.19. The summed E-state index contributed by atoms with van der Waals surface area (Å²) in [6.45, 7) is 0. The third-order valence-corrected chi connectivity index (χ3v) is 3.61. The molecule has 2 aromatic carbocycles. The lowest BCUT2D eigenvalue weighted by Crippen LogP contribution is -2.15. The van der Waals surface area contributed by atoms with E-state index in [1.165, 1.54) is 0 Å². The van der Waals surface area contributed by atoms with Crippen molar-refractivity contribution in [2.75, 3.05) is 5.32 Å². The molecule has 0 unspecified atom stereocenters. The van der Waals surface area contributed by atoms with Crippen LogP contribution in [0, 0.1) is 15.2 Å². The average Bonchev–Trinajstić information content (AvgIpc) is 2.36. The average molecular weight is 394 g/mol. The lowest BCUT2D eigenvalue weighted by Gasteiger charge is -2.08. The molecule has 0 saturated heterocycles. The van der Waals surface area contributed by atoms with Crippen LogP contribution in [-0.4, -0.2) is 5.91 Å². The maximum atomic E-state index is 13.6. The standard InChI is InChI=1S/C13H7ClF2INO/c14-8-6-9(15)7(5-10(8)16)13(19)18-12-4-2-1-3-11(12)17/h1-6H,(H,18,19). The molecule has 1 N–H and O–H groups in total. The van der Waals surface area contributed by atoms with Gasteiger partial charge in [0.15, 0.2) is 0 Å². The van der Waals surface area contributed by atoms with Crippen molar-refractivity contribution in [2.45, 2.75) is 0 Å². The summed E-state index contributed by atoms with van der Waals surface area (Å²) in [4.78, 5) is 11.9. The molecule has 0 fully saturated rings. The number of anilines is 1. The molecule has 1 amide bonds. The van der Waals surface area contributed by atoms with Crippen molar-refractivity contribution in [2.24, 2.45) is 0 Å². The Bertz CT molecular complexity index is 649. The fraction of sp³-hybridized carbons (Fsp3) is 0. The van der Waals surface area contributed by atoms with E-state index in [1.54, 1.807) is 24.3 Å². The van der Waals surface area contributed by atoms with Gasteiger partial charge in [0.05, 0.1) is 16.3 Å². The van der Waals surface area contributed by atoms with Crippen molar-refractivity contribution in [3.05, 3.63) is 62.2 Å². The second-order valence-corrected chi connectivity index (χ2v) is 5.25. The van der Waals surface area contributed by atoms with Gasteiger partial charge in [0.2, 0.25) is 0 Å². The Morgan fingerprint density at radius 3 is 2.53 bits per heavy atom. The highest BCUT2D eigenvalue weighted by Crippen LogP contribution is 2.22. The summed E-state index contributed by atoms with van der Waals surface area (Å²) in [5, 5.41) is 2.16. The van der Waals surface area contributed by atoms with E-state index in [4.69, 9.17) is 11.6 Å². The molecule has 0 saturated carbocycles. The van der Waals surface area contributed by atoms with E-state index in [0.717, 1.165) is 15.7 Å². The Morgan fingerprint density at radius 1 is 1.16 bits per heavy atom. The van der Waals surface area contributed by atoms with E-state index in [0.29, 0.717) is 5.69 Å². The number of rotatable bonds is 2. The van der Waals surface area contributed by atoms with E-state index in [1.807, 2.05) is 22.6 Å². The van der Waals surface area contributed by atoms with Gasteiger partial charge < -0.3 is 5.32 Å². The largest absolute Gasteiger partial charge is 0.321 e. The van der Waals surface area contributed by atoms with Crippen LogP contribution in [0.25, 0.3) is 0 Å². The summed E-state index contributed by atoms with van der Waals surface area (Å²) in [5.41, 5.74) is 0.143. The van der Waals surface area contributed by atoms with E-state index >= 15 is 0 Å². The maximum Gasteiger partial charge on any atom is 0.258 e. The van der Waals surface area contributed by atoms with Crippen molar-refractivity contribution >= 4 is 45.8 Å². The van der Waals surface area contributed by atoms with E-state index in [9.17, 15) is 13.6 Å². The van der Waals surface area contributed by atoms with Crippen LogP contribution in [0.5, 0.6) is 0 Å². The Morgan fingerprint density at radius 2 is 1.84 bits per heavy atom. The molecule has 0 radical (unpaired) electrons. The molecule has 19 heavy (non-hydrogen) atoms. The molecule has 0 heterocycles. The predicted octanol–water partition coefficient (Wildman–Crippen LogP) is 4.48. The smallest absolute Gasteiger partial charge is 0.258 e. The van der Waals surface area contributed by atoms with Crippen LogP contribution in [-0.2, 0) is 0 Å². The van der Waals surface area contributed by atoms with Gasteiger partial charge in [-0.15, -0.1) is 0 Å². The number of nitrogens with one attached hydrogen (secondary N) is 1. The summed E-state index contributed by atoms with van der Waals surface area (Å²) >= 11 is 7.46. The van der Waals surface area contributed by atoms with Gasteiger partial charge in [-0.2, -0.15) is 0 Å². The van der Waals surface area contributed by atoms with Crippen molar-refractivity contribution in [3.63, 3.8) is 0 Å². The Balaban J connectivity index is 2.31. The number of amides is 1. The van der Waals surface area contributed by atoms with E-state index in [2.05, 4.69) is 5.32 Å². The fourth-order valence-corrected chi connectivity index (χ4v) is 2.12. The maximum absolute atomic E-state index is 13.6. The molecule has 0 aromatic heterocycles. The van der Waals surface area contributed by atoms with Crippen LogP contribution < -0.4 is 5.32 Å². The molecule has 2 aromatic rings. The highest BCUT2D eigenvalue weighted by atomic mass is 127. The van der Waals surface area contributed by atoms with Crippen LogP contribution in [0.3, 0.4) is 0 Å². The molecular formula is C13H7ClF2INO. The highest BCUT2D eigenvalue weighted by Gasteiger charge is 2.16. The summed E-state index contributed by atoms with van der Waals surface area (Å²) < 4.78 is 27.6. The quantitative estimate of drug-likeness (QED) is 0.592. The normalized spacial score (nSPS) is 10.3. The molecule has 0 aliphatic rings. The van der Waals surface area contributed by atoms with Crippen molar-refractivity contribution in [1.29, 1.82) is 0 Å². The molecule has 2 rings (SSSR count). The summed E-state index contributed by atoms with van der Waals surface area (Å²) in [5.74, 6) is -2.43. The number of hydrogen-bond donors (Lipinski definition) is 1. The second-order valence-electron chi connectivity index (χ2n) is 3.68. The first-order chi connectivity index (χ1) is 8.99. The molecule has 0 aliphatic carbocycles. The fourth-order valence-electron chi connectivity index (χ4n) is 1.45. The second kappa shape index (κ2) is 5.83. The minimum Gasteiger partial charge on any atom is -0.321 e. The van der Waals surface area contributed by atoms with Gasteiger partial charge in [-0.3, -0.25) is 4.79 Å². The lowest BCUT2D eigenvalue weighted by atomic mass is 10.2. The number of carbonyl (C=O) groups excluding carboxylic acids is 1. The van der Waals surface area contributed by atoms with Crippen LogP contribution >= 0.6 is 34.2 Å². The SMILES string of the molecule is O=C(Nc1ccccc1I)c1cc(F)c(Cl)cc1F. The topological polar surface area (TPSA) is 29.1 Å². The predicted molar refractivity (Wildman–Crippen MR) is 78.5 cm³/mol. The molecule has 0 atom stereocenters. The van der Waals surface area contributed by atoms with E-state index in [-0.39, 0.29) is 10.6 Å². The minimum atomic E-state index is -0.866. The molecule has 0 aliphatic heterocycles. The van der Waals surface area contributed by atoms with Gasteiger partial charge in [0, 0.05) is 3.57 Å². The number of halogens is 4. The number of para-hydroxylation sites is 1. The Hall–Kier alpha value is -1.21. The third-order valence-electron chi connectivity index (χ3n) is 2.38. The van der Waals surface area contributed by atoms with Gasteiger partial charge in [0.1, 0.15) is 11.6 Å². The monoisotopic (exact) mass is 393 g/mol. The van der Waals surface area contributed by atoms with Gasteiger partial charge in [0.25, 0.3) is 5.91 Å². The molecule has 0 spiro atoms. The van der Waals surface area contributed by atoms with Gasteiger partial charge in [-0.05, 0) is 46.9 Å². The first-order valence-corrected chi connectivity index (χ1v) is 6.65. The molecule has 6 heteroatoms. The molecule has 0 bridgehead atoms. The van der Waals surface area contributed by atoms with Crippen LogP contribution in [0.1, 0.15) is 10.4 Å². The highest BCUT2D eigenvalue weighted by molar-refractivity contribution is 14.1. The molecule has 2 nitrogen and oxygen atoms in total. The van der Waals surface area contributed by atoms with Gasteiger partial charge >= 0.3 is 0 Å². The number of carbonyl (C=O) groups is 1. The number of benzene rings is 2.